The predicted molar refractivity (Wildman–Crippen MR) is 78.6 cm³/mol. The van der Waals surface area contributed by atoms with Crippen LogP contribution in [0.3, 0.4) is 0 Å². The van der Waals surface area contributed by atoms with Crippen molar-refractivity contribution in [1.29, 1.82) is 0 Å². The molecular formula is C14H14ClN3O4. The van der Waals surface area contributed by atoms with E-state index in [-0.39, 0.29) is 31.1 Å². The van der Waals surface area contributed by atoms with E-state index >= 15 is 0 Å². The second-order valence-electron chi connectivity index (χ2n) is 5.12. The molecule has 0 spiro atoms. The van der Waals surface area contributed by atoms with Crippen molar-refractivity contribution in [3.63, 3.8) is 0 Å². The molecule has 2 aliphatic rings. The van der Waals surface area contributed by atoms with Crippen molar-refractivity contribution in [2.75, 3.05) is 25.0 Å². The quantitative estimate of drug-likeness (QED) is 0.902. The van der Waals surface area contributed by atoms with Crippen LogP contribution in [0.25, 0.3) is 0 Å². The lowest BCUT2D eigenvalue weighted by Gasteiger charge is -2.21. The van der Waals surface area contributed by atoms with Gasteiger partial charge in [0, 0.05) is 13.1 Å². The Bertz CT molecular complexity index is 620. The molecule has 2 aliphatic heterocycles. The predicted octanol–water partition coefficient (Wildman–Crippen LogP) is 1.93. The first kappa shape index (κ1) is 14.6. The van der Waals surface area contributed by atoms with Crippen molar-refractivity contribution in [3.8, 4) is 0 Å². The van der Waals surface area contributed by atoms with Gasteiger partial charge >= 0.3 is 12.1 Å². The number of amides is 4. The van der Waals surface area contributed by atoms with Crippen LogP contribution in [-0.4, -0.2) is 53.6 Å². The third-order valence-corrected chi connectivity index (χ3v) is 4.05. The van der Waals surface area contributed by atoms with Crippen molar-refractivity contribution >= 4 is 35.3 Å². The van der Waals surface area contributed by atoms with Crippen LogP contribution in [0.4, 0.5) is 15.3 Å². The van der Waals surface area contributed by atoms with Crippen molar-refractivity contribution in [3.05, 3.63) is 29.3 Å². The number of cyclic esters (lactones) is 1. The van der Waals surface area contributed by atoms with E-state index in [1.807, 2.05) is 0 Å². The third kappa shape index (κ3) is 2.71. The average molecular weight is 324 g/mol. The zero-order chi connectivity index (χ0) is 15.7. The Kier molecular flexibility index (Phi) is 3.89. The summed E-state index contributed by atoms with van der Waals surface area (Å²) < 4.78 is 4.70. The molecule has 0 saturated carbocycles. The number of halogens is 1. The lowest BCUT2D eigenvalue weighted by atomic mass is 10.2. The summed E-state index contributed by atoms with van der Waals surface area (Å²) in [5, 5.41) is 3.17. The fourth-order valence-electron chi connectivity index (χ4n) is 2.61. The Morgan fingerprint density at radius 3 is 2.77 bits per heavy atom. The smallest absolute Gasteiger partial charge is 0.417 e. The molecule has 0 radical (unpaired) electrons. The molecule has 8 heteroatoms. The van der Waals surface area contributed by atoms with Crippen molar-refractivity contribution < 1.29 is 19.1 Å². The summed E-state index contributed by atoms with van der Waals surface area (Å²) in [4.78, 5) is 38.0. The molecule has 0 aromatic heterocycles. The molecule has 3 rings (SSSR count). The van der Waals surface area contributed by atoms with E-state index < -0.39 is 6.09 Å². The molecule has 2 saturated heterocycles. The largest absolute Gasteiger partial charge is 0.439 e. The average Bonchev–Trinajstić information content (AvgIpc) is 3.08. The van der Waals surface area contributed by atoms with Gasteiger partial charge < -0.3 is 15.0 Å². The number of carbonyl (C=O) groups is 3. The standard InChI is InChI=1S/C14H14ClN3O4/c15-10-3-1-2-4-11(10)16-13(20)17-6-5-9(7-17)18-12(19)8-22-14(18)21/h1-4,9H,5-8H2,(H,16,20). The molecule has 0 bridgehead atoms. The summed E-state index contributed by atoms with van der Waals surface area (Å²) in [6, 6.07) is 6.29. The summed E-state index contributed by atoms with van der Waals surface area (Å²) in [6.45, 7) is 0.524. The lowest BCUT2D eigenvalue weighted by molar-refractivity contribution is -0.127. The number of rotatable bonds is 2. The van der Waals surface area contributed by atoms with Crippen LogP contribution >= 0.6 is 11.6 Å². The molecule has 116 valence electrons. The highest BCUT2D eigenvalue weighted by Gasteiger charge is 2.41. The highest BCUT2D eigenvalue weighted by atomic mass is 35.5. The molecule has 1 N–H and O–H groups in total. The van der Waals surface area contributed by atoms with Gasteiger partial charge in [-0.3, -0.25) is 4.79 Å². The van der Waals surface area contributed by atoms with Gasteiger partial charge in [-0.1, -0.05) is 23.7 Å². The van der Waals surface area contributed by atoms with Gasteiger partial charge in [0.05, 0.1) is 16.8 Å². The van der Waals surface area contributed by atoms with Gasteiger partial charge in [-0.05, 0) is 18.6 Å². The fourth-order valence-corrected chi connectivity index (χ4v) is 2.79. The number of nitrogens with zero attached hydrogens (tertiary/aromatic N) is 2. The van der Waals surface area contributed by atoms with Crippen LogP contribution < -0.4 is 5.32 Å². The first-order chi connectivity index (χ1) is 10.6. The van der Waals surface area contributed by atoms with Gasteiger partial charge in [0.25, 0.3) is 5.91 Å². The summed E-state index contributed by atoms with van der Waals surface area (Å²) in [6.07, 6.45) is -0.0973. The number of benzene rings is 1. The number of likely N-dealkylation sites (tertiary alicyclic amines) is 1. The first-order valence-electron chi connectivity index (χ1n) is 6.85. The zero-order valence-electron chi connectivity index (χ0n) is 11.6. The Labute approximate surface area is 131 Å². The summed E-state index contributed by atoms with van der Waals surface area (Å²) in [7, 11) is 0. The molecule has 2 fully saturated rings. The van der Waals surface area contributed by atoms with Gasteiger partial charge in [0.2, 0.25) is 0 Å². The Morgan fingerprint density at radius 1 is 1.32 bits per heavy atom. The molecule has 1 aromatic rings. The number of imide groups is 1. The molecular weight excluding hydrogens is 310 g/mol. The number of nitrogens with one attached hydrogen (secondary N) is 1. The van der Waals surface area contributed by atoms with Crippen LogP contribution in [0.5, 0.6) is 0 Å². The van der Waals surface area contributed by atoms with E-state index in [4.69, 9.17) is 16.3 Å². The maximum Gasteiger partial charge on any atom is 0.417 e. The second kappa shape index (κ2) is 5.84. The molecule has 1 unspecified atom stereocenters. The van der Waals surface area contributed by atoms with E-state index in [2.05, 4.69) is 5.32 Å². The molecule has 0 aliphatic carbocycles. The number of ether oxygens (including phenoxy) is 1. The van der Waals surface area contributed by atoms with Gasteiger partial charge in [-0.25, -0.2) is 14.5 Å². The summed E-state index contributed by atoms with van der Waals surface area (Å²) in [5.41, 5.74) is 0.522. The number of urea groups is 1. The van der Waals surface area contributed by atoms with Gasteiger partial charge in [0.1, 0.15) is 0 Å². The Morgan fingerprint density at radius 2 is 2.09 bits per heavy atom. The van der Waals surface area contributed by atoms with Crippen LogP contribution in [0.2, 0.25) is 5.02 Å². The maximum absolute atomic E-state index is 12.2. The van der Waals surface area contributed by atoms with Gasteiger partial charge in [0.15, 0.2) is 6.61 Å². The van der Waals surface area contributed by atoms with Crippen LogP contribution in [0, 0.1) is 0 Å². The number of hydrogen-bond acceptors (Lipinski definition) is 4. The van der Waals surface area contributed by atoms with Gasteiger partial charge in [-0.15, -0.1) is 0 Å². The van der Waals surface area contributed by atoms with E-state index in [9.17, 15) is 14.4 Å². The molecule has 1 aromatic carbocycles. The normalized spacial score (nSPS) is 21.2. The van der Waals surface area contributed by atoms with Gasteiger partial charge in [-0.2, -0.15) is 0 Å². The van der Waals surface area contributed by atoms with Crippen LogP contribution in [-0.2, 0) is 9.53 Å². The van der Waals surface area contributed by atoms with Crippen LogP contribution in [0.15, 0.2) is 24.3 Å². The Balaban J connectivity index is 1.63. The Hall–Kier alpha value is -2.28. The van der Waals surface area contributed by atoms with E-state index in [1.54, 1.807) is 29.2 Å². The number of anilines is 1. The lowest BCUT2D eigenvalue weighted by Crippen LogP contribution is -2.42. The molecule has 2 heterocycles. The minimum absolute atomic E-state index is 0.221. The molecule has 4 amide bonds. The number of carbonyl (C=O) groups excluding carboxylic acids is 3. The number of hydrogen-bond donors (Lipinski definition) is 1. The van der Waals surface area contributed by atoms with E-state index in [0.717, 1.165) is 4.90 Å². The SMILES string of the molecule is O=C(Nc1ccccc1Cl)N1CCC(N2C(=O)COC2=O)C1. The highest BCUT2D eigenvalue weighted by Crippen LogP contribution is 2.23. The van der Waals surface area contributed by atoms with Crippen molar-refractivity contribution in [2.45, 2.75) is 12.5 Å². The fraction of sp³-hybridized carbons (Fsp3) is 0.357. The van der Waals surface area contributed by atoms with Crippen LogP contribution in [0.1, 0.15) is 6.42 Å². The molecule has 7 nitrogen and oxygen atoms in total. The molecule has 22 heavy (non-hydrogen) atoms. The van der Waals surface area contributed by atoms with E-state index in [1.165, 1.54) is 0 Å². The zero-order valence-corrected chi connectivity index (χ0v) is 12.4. The first-order valence-corrected chi connectivity index (χ1v) is 7.23. The minimum atomic E-state index is -0.636. The van der Waals surface area contributed by atoms with E-state index in [0.29, 0.717) is 23.7 Å². The van der Waals surface area contributed by atoms with Crippen molar-refractivity contribution in [1.82, 2.24) is 9.80 Å². The molecule has 1 atom stereocenters. The highest BCUT2D eigenvalue weighted by molar-refractivity contribution is 6.33. The maximum atomic E-state index is 12.2. The minimum Gasteiger partial charge on any atom is -0.439 e. The summed E-state index contributed by atoms with van der Waals surface area (Å²) in [5.74, 6) is -0.358. The van der Waals surface area contributed by atoms with Crippen molar-refractivity contribution in [2.24, 2.45) is 0 Å². The number of para-hydroxylation sites is 1. The second-order valence-corrected chi connectivity index (χ2v) is 5.52. The monoisotopic (exact) mass is 323 g/mol. The topological polar surface area (TPSA) is 79.0 Å². The third-order valence-electron chi connectivity index (χ3n) is 3.72. The summed E-state index contributed by atoms with van der Waals surface area (Å²) >= 11 is 6.00.